The van der Waals surface area contributed by atoms with Gasteiger partial charge in [0.15, 0.2) is 0 Å². The van der Waals surface area contributed by atoms with E-state index in [2.05, 4.69) is 63.9 Å². The Morgan fingerprint density at radius 2 is 2.00 bits per heavy atom. The maximum Gasteiger partial charge on any atom is 0.148 e. The standard InChI is InChI=1S/C16H27BrN4/c1-5-10-18-14-13(17)15(20-11-19-14)21(4)12-6-8-16(2,3)9-7-12/h11-12H,5-10H2,1-4H3,(H,18,19,20). The van der Waals surface area contributed by atoms with Crippen molar-refractivity contribution in [1.29, 1.82) is 0 Å². The van der Waals surface area contributed by atoms with Gasteiger partial charge < -0.3 is 10.2 Å². The Bertz CT molecular complexity index is 465. The van der Waals surface area contributed by atoms with Crippen LogP contribution in [0.3, 0.4) is 0 Å². The molecule has 4 nitrogen and oxygen atoms in total. The van der Waals surface area contributed by atoms with Crippen LogP contribution >= 0.6 is 15.9 Å². The van der Waals surface area contributed by atoms with Gasteiger partial charge in [0.2, 0.25) is 0 Å². The average molecular weight is 355 g/mol. The normalized spacial score (nSPS) is 18.5. The van der Waals surface area contributed by atoms with Crippen molar-refractivity contribution in [2.45, 2.75) is 58.9 Å². The van der Waals surface area contributed by atoms with Crippen LogP contribution in [0.2, 0.25) is 0 Å². The van der Waals surface area contributed by atoms with Crippen LogP contribution < -0.4 is 10.2 Å². The molecule has 0 unspecified atom stereocenters. The third kappa shape index (κ3) is 4.09. The predicted molar refractivity (Wildman–Crippen MR) is 93.0 cm³/mol. The molecule has 0 radical (unpaired) electrons. The number of nitrogens with one attached hydrogen (secondary N) is 1. The lowest BCUT2D eigenvalue weighted by Gasteiger charge is -2.39. The summed E-state index contributed by atoms with van der Waals surface area (Å²) in [5, 5.41) is 3.35. The molecule has 0 aliphatic heterocycles. The summed E-state index contributed by atoms with van der Waals surface area (Å²) >= 11 is 3.67. The summed E-state index contributed by atoms with van der Waals surface area (Å²) < 4.78 is 0.978. The second-order valence-electron chi connectivity index (χ2n) is 6.79. The van der Waals surface area contributed by atoms with Crippen LogP contribution in [-0.4, -0.2) is 29.6 Å². The van der Waals surface area contributed by atoms with Gasteiger partial charge >= 0.3 is 0 Å². The molecular formula is C16H27BrN4. The maximum atomic E-state index is 4.49. The molecule has 1 fully saturated rings. The monoisotopic (exact) mass is 354 g/mol. The van der Waals surface area contributed by atoms with Crippen molar-refractivity contribution in [3.8, 4) is 0 Å². The molecule has 21 heavy (non-hydrogen) atoms. The summed E-state index contributed by atoms with van der Waals surface area (Å²) in [4.78, 5) is 11.1. The van der Waals surface area contributed by atoms with Crippen molar-refractivity contribution in [2.75, 3.05) is 23.8 Å². The fourth-order valence-corrected chi connectivity index (χ4v) is 3.54. The molecule has 1 aliphatic carbocycles. The summed E-state index contributed by atoms with van der Waals surface area (Å²) in [5.41, 5.74) is 0.494. The first-order valence-corrected chi connectivity index (χ1v) is 8.71. The van der Waals surface area contributed by atoms with Gasteiger partial charge in [-0.3, -0.25) is 0 Å². The fourth-order valence-electron chi connectivity index (χ4n) is 2.92. The number of hydrogen-bond acceptors (Lipinski definition) is 4. The van der Waals surface area contributed by atoms with Crippen LogP contribution in [0.1, 0.15) is 52.9 Å². The minimum atomic E-state index is 0.494. The number of rotatable bonds is 5. The highest BCUT2D eigenvalue weighted by molar-refractivity contribution is 9.10. The fraction of sp³-hybridized carbons (Fsp3) is 0.750. The molecule has 0 aromatic carbocycles. The second-order valence-corrected chi connectivity index (χ2v) is 7.59. The zero-order valence-corrected chi connectivity index (χ0v) is 15.2. The lowest BCUT2D eigenvalue weighted by molar-refractivity contribution is 0.222. The van der Waals surface area contributed by atoms with E-state index < -0.39 is 0 Å². The van der Waals surface area contributed by atoms with Crippen molar-refractivity contribution in [3.05, 3.63) is 10.8 Å². The molecule has 1 aromatic rings. The van der Waals surface area contributed by atoms with Crippen LogP contribution in [0, 0.1) is 5.41 Å². The molecule has 5 heteroatoms. The van der Waals surface area contributed by atoms with Crippen LogP contribution in [0.5, 0.6) is 0 Å². The largest absolute Gasteiger partial charge is 0.369 e. The Labute approximate surface area is 136 Å². The maximum absolute atomic E-state index is 4.49. The molecule has 118 valence electrons. The van der Waals surface area contributed by atoms with Gasteiger partial charge in [0.25, 0.3) is 0 Å². The Kier molecular flexibility index (Phi) is 5.47. The predicted octanol–water partition coefficient (Wildman–Crippen LogP) is 4.47. The first-order valence-electron chi connectivity index (χ1n) is 7.92. The summed E-state index contributed by atoms with van der Waals surface area (Å²) in [6, 6.07) is 0.572. The Hall–Kier alpha value is -0.840. The van der Waals surface area contributed by atoms with E-state index in [1.54, 1.807) is 6.33 Å². The van der Waals surface area contributed by atoms with E-state index in [0.29, 0.717) is 11.5 Å². The Morgan fingerprint density at radius 1 is 1.33 bits per heavy atom. The molecule has 0 atom stereocenters. The van der Waals surface area contributed by atoms with Gasteiger partial charge in [-0.05, 0) is 53.4 Å². The van der Waals surface area contributed by atoms with Crippen molar-refractivity contribution in [1.82, 2.24) is 9.97 Å². The van der Waals surface area contributed by atoms with Crippen LogP contribution in [-0.2, 0) is 0 Å². The van der Waals surface area contributed by atoms with Gasteiger partial charge in [-0.15, -0.1) is 0 Å². The van der Waals surface area contributed by atoms with E-state index in [1.165, 1.54) is 25.7 Å². The van der Waals surface area contributed by atoms with E-state index in [0.717, 1.165) is 29.1 Å². The van der Waals surface area contributed by atoms with E-state index in [4.69, 9.17) is 0 Å². The minimum absolute atomic E-state index is 0.494. The first-order chi connectivity index (χ1) is 9.94. The molecule has 0 bridgehead atoms. The van der Waals surface area contributed by atoms with Gasteiger partial charge in [-0.25, -0.2) is 9.97 Å². The SMILES string of the molecule is CCCNc1ncnc(N(C)C2CCC(C)(C)CC2)c1Br. The van der Waals surface area contributed by atoms with E-state index in [-0.39, 0.29) is 0 Å². The number of halogens is 1. The van der Waals surface area contributed by atoms with Crippen LogP contribution in [0.25, 0.3) is 0 Å². The average Bonchev–Trinajstić information content (AvgIpc) is 2.45. The minimum Gasteiger partial charge on any atom is -0.369 e. The molecule has 0 saturated heterocycles. The lowest BCUT2D eigenvalue weighted by Crippen LogP contribution is -2.38. The zero-order valence-electron chi connectivity index (χ0n) is 13.6. The summed E-state index contributed by atoms with van der Waals surface area (Å²) in [6.45, 7) is 7.82. The molecule has 0 amide bonds. The molecule has 2 rings (SSSR count). The van der Waals surface area contributed by atoms with E-state index in [9.17, 15) is 0 Å². The van der Waals surface area contributed by atoms with Gasteiger partial charge in [0, 0.05) is 19.6 Å². The van der Waals surface area contributed by atoms with Gasteiger partial charge in [-0.2, -0.15) is 0 Å². The number of nitrogens with zero attached hydrogens (tertiary/aromatic N) is 3. The third-order valence-electron chi connectivity index (χ3n) is 4.50. The summed E-state index contributed by atoms with van der Waals surface area (Å²) in [5.74, 6) is 1.89. The Morgan fingerprint density at radius 3 is 2.62 bits per heavy atom. The van der Waals surface area contributed by atoms with Gasteiger partial charge in [-0.1, -0.05) is 20.8 Å². The molecule has 1 aliphatic rings. The second kappa shape index (κ2) is 6.95. The summed E-state index contributed by atoms with van der Waals surface area (Å²) in [7, 11) is 2.15. The molecule has 1 N–H and O–H groups in total. The van der Waals surface area contributed by atoms with Crippen molar-refractivity contribution >= 4 is 27.6 Å². The van der Waals surface area contributed by atoms with Gasteiger partial charge in [0.1, 0.15) is 22.4 Å². The van der Waals surface area contributed by atoms with Crippen molar-refractivity contribution in [2.24, 2.45) is 5.41 Å². The highest BCUT2D eigenvalue weighted by Crippen LogP contribution is 2.39. The van der Waals surface area contributed by atoms with Crippen LogP contribution in [0.4, 0.5) is 11.6 Å². The smallest absolute Gasteiger partial charge is 0.148 e. The number of aromatic nitrogens is 2. The molecule has 0 spiro atoms. The zero-order chi connectivity index (χ0) is 15.5. The number of hydrogen-bond donors (Lipinski definition) is 1. The topological polar surface area (TPSA) is 41.1 Å². The lowest BCUT2D eigenvalue weighted by atomic mass is 9.75. The number of anilines is 2. The highest BCUT2D eigenvalue weighted by atomic mass is 79.9. The van der Waals surface area contributed by atoms with Crippen LogP contribution in [0.15, 0.2) is 10.8 Å². The molecule has 1 heterocycles. The summed E-state index contributed by atoms with van der Waals surface area (Å²) in [6.07, 6.45) is 7.77. The van der Waals surface area contributed by atoms with Crippen molar-refractivity contribution < 1.29 is 0 Å². The van der Waals surface area contributed by atoms with Gasteiger partial charge in [0.05, 0.1) is 0 Å². The first kappa shape index (κ1) is 16.5. The Balaban J connectivity index is 2.10. The van der Waals surface area contributed by atoms with E-state index in [1.807, 2.05) is 0 Å². The third-order valence-corrected chi connectivity index (χ3v) is 5.23. The van der Waals surface area contributed by atoms with Crippen molar-refractivity contribution in [3.63, 3.8) is 0 Å². The van der Waals surface area contributed by atoms with E-state index >= 15 is 0 Å². The molecular weight excluding hydrogens is 328 g/mol. The quantitative estimate of drug-likeness (QED) is 0.846. The molecule has 1 aromatic heterocycles. The highest BCUT2D eigenvalue weighted by Gasteiger charge is 2.30. The molecule has 1 saturated carbocycles.